The van der Waals surface area contributed by atoms with Crippen LogP contribution >= 0.6 is 0 Å². The summed E-state index contributed by atoms with van der Waals surface area (Å²) in [5.74, 6) is -0.462. The van der Waals surface area contributed by atoms with E-state index in [1.807, 2.05) is 13.0 Å². The van der Waals surface area contributed by atoms with Crippen LogP contribution in [0.2, 0.25) is 0 Å². The molecule has 4 heteroatoms. The highest BCUT2D eigenvalue weighted by molar-refractivity contribution is 6.04. The third kappa shape index (κ3) is 1.83. The van der Waals surface area contributed by atoms with E-state index in [0.29, 0.717) is 10.9 Å². The van der Waals surface area contributed by atoms with E-state index in [-0.39, 0.29) is 5.43 Å². The van der Waals surface area contributed by atoms with Crippen LogP contribution in [-0.2, 0) is 17.6 Å². The molecule has 20 heavy (non-hydrogen) atoms. The lowest BCUT2D eigenvalue weighted by atomic mass is 9.92. The molecule has 1 aliphatic rings. The number of benzene rings is 1. The number of hydrogen-bond acceptors (Lipinski definition) is 3. The average molecular weight is 271 g/mol. The summed E-state index contributed by atoms with van der Waals surface area (Å²) in [5, 5.41) is 0.470. The van der Waals surface area contributed by atoms with E-state index in [2.05, 4.69) is 4.98 Å². The minimum absolute atomic E-state index is 0.0162. The summed E-state index contributed by atoms with van der Waals surface area (Å²) in [4.78, 5) is 28.0. The number of nitrogens with one attached hydrogen (secondary N) is 1. The summed E-state index contributed by atoms with van der Waals surface area (Å²) >= 11 is 0. The first-order valence-electron chi connectivity index (χ1n) is 6.89. The molecular formula is C16H17NO3. The molecule has 0 amide bonds. The number of esters is 1. The highest BCUT2D eigenvalue weighted by Crippen LogP contribution is 2.24. The molecule has 104 valence electrons. The van der Waals surface area contributed by atoms with Crippen molar-refractivity contribution >= 4 is 16.9 Å². The van der Waals surface area contributed by atoms with Gasteiger partial charge in [0.05, 0.1) is 23.6 Å². The van der Waals surface area contributed by atoms with Gasteiger partial charge >= 0.3 is 5.97 Å². The average Bonchev–Trinajstić information content (AvgIpc) is 2.48. The Hall–Kier alpha value is -2.10. The molecule has 1 aliphatic carbocycles. The molecule has 1 N–H and O–H groups in total. The van der Waals surface area contributed by atoms with Crippen LogP contribution in [0.5, 0.6) is 0 Å². The fraction of sp³-hybridized carbons (Fsp3) is 0.375. The van der Waals surface area contributed by atoms with Crippen molar-refractivity contribution in [3.8, 4) is 0 Å². The topological polar surface area (TPSA) is 59.2 Å². The van der Waals surface area contributed by atoms with Crippen molar-refractivity contribution in [2.24, 2.45) is 0 Å². The molecule has 0 unspecified atom stereocenters. The third-order valence-corrected chi connectivity index (χ3v) is 4.06. The molecule has 0 radical (unpaired) electrons. The maximum absolute atomic E-state index is 12.7. The molecule has 1 heterocycles. The van der Waals surface area contributed by atoms with Crippen molar-refractivity contribution in [2.45, 2.75) is 32.6 Å². The molecule has 0 bridgehead atoms. The molecule has 0 fully saturated rings. The molecule has 0 aliphatic heterocycles. The number of aromatic nitrogens is 1. The number of aromatic amines is 1. The van der Waals surface area contributed by atoms with Crippen molar-refractivity contribution in [1.82, 2.24) is 4.98 Å². The number of carbonyl (C=O) groups is 1. The smallest absolute Gasteiger partial charge is 0.338 e. The summed E-state index contributed by atoms with van der Waals surface area (Å²) < 4.78 is 4.79. The minimum atomic E-state index is -0.462. The molecule has 0 spiro atoms. The number of methoxy groups -OCH3 is 1. The van der Waals surface area contributed by atoms with Gasteiger partial charge in [-0.05, 0) is 44.2 Å². The minimum Gasteiger partial charge on any atom is -0.465 e. The zero-order valence-corrected chi connectivity index (χ0v) is 11.7. The monoisotopic (exact) mass is 271 g/mol. The SMILES string of the molecule is COC(=O)c1ccc(C)c2[nH]c3c(c(=O)c12)CCCC3. The van der Waals surface area contributed by atoms with Gasteiger partial charge in [-0.2, -0.15) is 0 Å². The molecule has 0 saturated carbocycles. The van der Waals surface area contributed by atoms with Crippen LogP contribution < -0.4 is 5.43 Å². The Morgan fingerprint density at radius 1 is 1.25 bits per heavy atom. The van der Waals surface area contributed by atoms with Crippen LogP contribution in [0.25, 0.3) is 10.9 Å². The van der Waals surface area contributed by atoms with E-state index in [1.54, 1.807) is 6.07 Å². The largest absolute Gasteiger partial charge is 0.465 e. The van der Waals surface area contributed by atoms with Gasteiger partial charge in [-0.3, -0.25) is 4.79 Å². The highest BCUT2D eigenvalue weighted by atomic mass is 16.5. The summed E-state index contributed by atoms with van der Waals surface area (Å²) in [5.41, 5.74) is 3.93. The summed E-state index contributed by atoms with van der Waals surface area (Å²) in [6.07, 6.45) is 3.82. The molecule has 1 aromatic heterocycles. The van der Waals surface area contributed by atoms with Gasteiger partial charge in [0.2, 0.25) is 0 Å². The van der Waals surface area contributed by atoms with Gasteiger partial charge in [-0.1, -0.05) is 6.07 Å². The lowest BCUT2D eigenvalue weighted by Crippen LogP contribution is -2.21. The number of ether oxygens (including phenoxy) is 1. The van der Waals surface area contributed by atoms with Crippen LogP contribution in [0, 0.1) is 6.92 Å². The van der Waals surface area contributed by atoms with E-state index in [1.165, 1.54) is 7.11 Å². The second-order valence-corrected chi connectivity index (χ2v) is 5.29. The number of pyridine rings is 1. The zero-order chi connectivity index (χ0) is 14.3. The summed E-state index contributed by atoms with van der Waals surface area (Å²) in [6, 6.07) is 3.52. The highest BCUT2D eigenvalue weighted by Gasteiger charge is 2.21. The maximum Gasteiger partial charge on any atom is 0.338 e. The Morgan fingerprint density at radius 3 is 2.75 bits per heavy atom. The number of carbonyl (C=O) groups excluding carboxylic acids is 1. The van der Waals surface area contributed by atoms with Crippen molar-refractivity contribution < 1.29 is 9.53 Å². The quantitative estimate of drug-likeness (QED) is 0.811. The zero-order valence-electron chi connectivity index (χ0n) is 11.7. The lowest BCUT2D eigenvalue weighted by molar-refractivity contribution is 0.0603. The number of rotatable bonds is 1. The molecule has 0 atom stereocenters. The van der Waals surface area contributed by atoms with E-state index in [9.17, 15) is 9.59 Å². The van der Waals surface area contributed by atoms with Crippen LogP contribution in [0.1, 0.15) is 40.0 Å². The first kappa shape index (κ1) is 12.9. The van der Waals surface area contributed by atoms with Crippen molar-refractivity contribution in [2.75, 3.05) is 7.11 Å². The van der Waals surface area contributed by atoms with Crippen LogP contribution in [0.4, 0.5) is 0 Å². The van der Waals surface area contributed by atoms with Gasteiger partial charge in [-0.15, -0.1) is 0 Å². The molecule has 2 aromatic rings. The first-order chi connectivity index (χ1) is 9.63. The van der Waals surface area contributed by atoms with Crippen LogP contribution in [0.15, 0.2) is 16.9 Å². The molecular weight excluding hydrogens is 254 g/mol. The van der Waals surface area contributed by atoms with Gasteiger partial charge in [0.15, 0.2) is 5.43 Å². The number of H-pyrrole nitrogens is 1. The van der Waals surface area contributed by atoms with E-state index in [4.69, 9.17) is 4.74 Å². The predicted octanol–water partition coefficient (Wildman–Crippen LogP) is 2.50. The third-order valence-electron chi connectivity index (χ3n) is 4.06. The lowest BCUT2D eigenvalue weighted by Gasteiger charge is -2.17. The Balaban J connectivity index is 2.43. The standard InChI is InChI=1S/C16H17NO3/c1-9-7-8-11(16(19)20-2)13-14(9)17-12-6-4-3-5-10(12)15(13)18/h7-8H,3-6H2,1-2H3,(H,17,18). The van der Waals surface area contributed by atoms with E-state index >= 15 is 0 Å². The molecule has 4 nitrogen and oxygen atoms in total. The summed E-state index contributed by atoms with van der Waals surface area (Å²) in [6.45, 7) is 1.94. The van der Waals surface area contributed by atoms with Crippen LogP contribution in [0.3, 0.4) is 0 Å². The van der Waals surface area contributed by atoms with E-state index in [0.717, 1.165) is 48.0 Å². The Morgan fingerprint density at radius 2 is 2.00 bits per heavy atom. The Kier molecular flexibility index (Phi) is 3.08. The predicted molar refractivity (Wildman–Crippen MR) is 77.3 cm³/mol. The fourth-order valence-corrected chi connectivity index (χ4v) is 2.98. The second-order valence-electron chi connectivity index (χ2n) is 5.29. The molecule has 0 saturated heterocycles. The van der Waals surface area contributed by atoms with Gasteiger partial charge < -0.3 is 9.72 Å². The van der Waals surface area contributed by atoms with Crippen LogP contribution in [-0.4, -0.2) is 18.1 Å². The first-order valence-corrected chi connectivity index (χ1v) is 6.89. The van der Waals surface area contributed by atoms with Gasteiger partial charge in [0.1, 0.15) is 0 Å². The molecule has 1 aromatic carbocycles. The fourth-order valence-electron chi connectivity index (χ4n) is 2.98. The Labute approximate surface area is 116 Å². The summed E-state index contributed by atoms with van der Waals surface area (Å²) in [7, 11) is 1.33. The van der Waals surface area contributed by atoms with Gasteiger partial charge in [0.25, 0.3) is 0 Å². The van der Waals surface area contributed by atoms with Gasteiger partial charge in [0, 0.05) is 11.3 Å². The van der Waals surface area contributed by atoms with Gasteiger partial charge in [-0.25, -0.2) is 4.79 Å². The van der Waals surface area contributed by atoms with E-state index < -0.39 is 5.97 Å². The number of aryl methyl sites for hydroxylation is 2. The van der Waals surface area contributed by atoms with Crippen molar-refractivity contribution in [3.05, 3.63) is 44.7 Å². The van der Waals surface area contributed by atoms with Crippen molar-refractivity contribution in [3.63, 3.8) is 0 Å². The number of fused-ring (bicyclic) bond motifs is 2. The number of hydrogen-bond donors (Lipinski definition) is 1. The second kappa shape index (κ2) is 4.78. The van der Waals surface area contributed by atoms with Crippen molar-refractivity contribution in [1.29, 1.82) is 0 Å². The normalized spacial score (nSPS) is 14.1. The molecule has 3 rings (SSSR count). The Bertz CT molecular complexity index is 758. The maximum atomic E-state index is 12.7.